The SMILES string of the molecule is CC(=O)OCCCN1C(=O)C(C#N)=C(C)/C(=C\c2cn(-c3ccccc3)nc2C23CC4CC(CC(C4)C2)C3)C1=O. The van der Waals surface area contributed by atoms with Crippen molar-refractivity contribution in [1.29, 1.82) is 5.26 Å². The Morgan fingerprint density at radius 1 is 1.10 bits per heavy atom. The zero-order valence-corrected chi connectivity index (χ0v) is 23.1. The number of carbonyl (C=O) groups excluding carboxylic acids is 3. The van der Waals surface area contributed by atoms with Gasteiger partial charge in [-0.2, -0.15) is 10.4 Å². The van der Waals surface area contributed by atoms with Crippen molar-refractivity contribution < 1.29 is 19.1 Å². The third-order valence-electron chi connectivity index (χ3n) is 9.26. The largest absolute Gasteiger partial charge is 0.466 e. The minimum atomic E-state index is -0.605. The van der Waals surface area contributed by atoms with Crippen molar-refractivity contribution in [3.63, 3.8) is 0 Å². The van der Waals surface area contributed by atoms with E-state index < -0.39 is 17.8 Å². The van der Waals surface area contributed by atoms with Crippen LogP contribution in [-0.2, 0) is 24.5 Å². The van der Waals surface area contributed by atoms with E-state index in [1.54, 1.807) is 6.92 Å². The summed E-state index contributed by atoms with van der Waals surface area (Å²) in [7, 11) is 0. The third-order valence-corrected chi connectivity index (χ3v) is 9.26. The summed E-state index contributed by atoms with van der Waals surface area (Å²) < 4.78 is 6.89. The molecule has 8 heteroatoms. The number of ether oxygens (including phenoxy) is 1. The molecule has 206 valence electrons. The Labute approximate surface area is 234 Å². The fourth-order valence-corrected chi connectivity index (χ4v) is 7.95. The van der Waals surface area contributed by atoms with Gasteiger partial charge in [-0.25, -0.2) is 4.68 Å². The fraction of sp³-hybridized carbons (Fsp3) is 0.469. The fourth-order valence-electron chi connectivity index (χ4n) is 7.95. The van der Waals surface area contributed by atoms with Crippen LogP contribution in [0.5, 0.6) is 0 Å². The van der Waals surface area contributed by atoms with Gasteiger partial charge < -0.3 is 4.74 Å². The second-order valence-corrected chi connectivity index (χ2v) is 12.0. The molecule has 0 spiro atoms. The second-order valence-electron chi connectivity index (χ2n) is 12.0. The van der Waals surface area contributed by atoms with E-state index in [-0.39, 0.29) is 24.1 Å². The minimum absolute atomic E-state index is 0.0197. The quantitative estimate of drug-likeness (QED) is 0.215. The molecule has 4 fully saturated rings. The molecule has 40 heavy (non-hydrogen) atoms. The van der Waals surface area contributed by atoms with Gasteiger partial charge in [0.15, 0.2) is 0 Å². The molecule has 0 N–H and O–H groups in total. The number of rotatable bonds is 7. The van der Waals surface area contributed by atoms with Crippen LogP contribution in [0.3, 0.4) is 0 Å². The molecule has 4 bridgehead atoms. The molecule has 1 aromatic heterocycles. The Kier molecular flexibility index (Phi) is 6.69. The Balaban J connectivity index is 1.43. The van der Waals surface area contributed by atoms with Crippen LogP contribution in [0.4, 0.5) is 0 Å². The summed E-state index contributed by atoms with van der Waals surface area (Å²) in [5, 5.41) is 15.0. The van der Waals surface area contributed by atoms with Gasteiger partial charge in [0, 0.05) is 36.2 Å². The number of hydrogen-bond acceptors (Lipinski definition) is 6. The van der Waals surface area contributed by atoms with Gasteiger partial charge in [0.2, 0.25) is 0 Å². The van der Waals surface area contributed by atoms with E-state index in [2.05, 4.69) is 0 Å². The first kappa shape index (κ1) is 26.2. The Hall–Kier alpha value is -3.99. The molecule has 0 radical (unpaired) electrons. The third kappa shape index (κ3) is 4.57. The van der Waals surface area contributed by atoms with Gasteiger partial charge in [0.25, 0.3) is 11.8 Å². The van der Waals surface area contributed by atoms with Crippen molar-refractivity contribution in [3.05, 3.63) is 64.5 Å². The van der Waals surface area contributed by atoms with Crippen LogP contribution in [0.2, 0.25) is 0 Å². The van der Waals surface area contributed by atoms with E-state index in [4.69, 9.17) is 9.84 Å². The smallest absolute Gasteiger partial charge is 0.302 e. The van der Waals surface area contributed by atoms with Crippen LogP contribution in [0.25, 0.3) is 11.8 Å². The lowest BCUT2D eigenvalue weighted by Crippen LogP contribution is -2.49. The molecule has 1 aromatic carbocycles. The van der Waals surface area contributed by atoms with E-state index in [0.29, 0.717) is 17.6 Å². The molecule has 0 atom stereocenters. The van der Waals surface area contributed by atoms with Crippen molar-refractivity contribution in [2.45, 2.75) is 64.2 Å². The first-order chi connectivity index (χ1) is 19.3. The molecule has 7 rings (SSSR count). The molecule has 5 aliphatic rings. The number of nitrogens with zero attached hydrogens (tertiary/aromatic N) is 4. The average Bonchev–Trinajstić information content (AvgIpc) is 3.35. The van der Waals surface area contributed by atoms with E-state index in [9.17, 15) is 19.6 Å². The van der Waals surface area contributed by atoms with Crippen molar-refractivity contribution in [2.24, 2.45) is 17.8 Å². The molecule has 8 nitrogen and oxygen atoms in total. The first-order valence-corrected chi connectivity index (χ1v) is 14.3. The number of hydrogen-bond donors (Lipinski definition) is 0. The standard InChI is InChI=1S/C32H34N4O4/c1-20-27(30(38)35(31(39)28(20)18-33)9-6-10-40-21(2)37)14-25-19-36(26-7-4-3-5-8-26)34-29(25)32-15-22-11-23(16-32)13-24(12-22)17-32/h3-5,7-8,14,19,22-24H,6,9-13,15-17H2,1-2H3/b27-14+. The van der Waals surface area contributed by atoms with Crippen LogP contribution >= 0.6 is 0 Å². The highest BCUT2D eigenvalue weighted by Gasteiger charge is 2.53. The van der Waals surface area contributed by atoms with Crippen LogP contribution in [-0.4, -0.2) is 45.6 Å². The number of amides is 2. The maximum Gasteiger partial charge on any atom is 0.302 e. The van der Waals surface area contributed by atoms with Crippen LogP contribution < -0.4 is 0 Å². The number of aromatic nitrogens is 2. The summed E-state index contributed by atoms with van der Waals surface area (Å²) in [4.78, 5) is 39.0. The number of imide groups is 1. The molecule has 0 unspecified atom stereocenters. The number of esters is 1. The van der Waals surface area contributed by atoms with Gasteiger partial charge in [-0.05, 0) is 93.4 Å². The monoisotopic (exact) mass is 538 g/mol. The zero-order chi connectivity index (χ0) is 28.0. The predicted octanol–water partition coefficient (Wildman–Crippen LogP) is 4.89. The summed E-state index contributed by atoms with van der Waals surface area (Å²) in [6.07, 6.45) is 11.4. The minimum Gasteiger partial charge on any atom is -0.466 e. The topological polar surface area (TPSA) is 105 Å². The van der Waals surface area contributed by atoms with Crippen molar-refractivity contribution in [1.82, 2.24) is 14.7 Å². The molecular weight excluding hydrogens is 504 g/mol. The van der Waals surface area contributed by atoms with Crippen LogP contribution in [0.15, 0.2) is 53.2 Å². The second kappa shape index (κ2) is 10.2. The summed E-state index contributed by atoms with van der Waals surface area (Å²) in [5.74, 6) is 0.712. The van der Waals surface area contributed by atoms with Gasteiger partial charge in [0.1, 0.15) is 11.6 Å². The summed E-state index contributed by atoms with van der Waals surface area (Å²) in [6.45, 7) is 3.14. The highest BCUT2D eigenvalue weighted by atomic mass is 16.5. The van der Waals surface area contributed by atoms with Gasteiger partial charge in [-0.3, -0.25) is 19.3 Å². The van der Waals surface area contributed by atoms with Gasteiger partial charge in [-0.15, -0.1) is 0 Å². The maximum absolute atomic E-state index is 13.7. The van der Waals surface area contributed by atoms with Crippen LogP contribution in [0, 0.1) is 29.1 Å². The zero-order valence-electron chi connectivity index (χ0n) is 23.1. The number of para-hydroxylation sites is 1. The summed E-state index contributed by atoms with van der Waals surface area (Å²) in [6, 6.07) is 12.0. The van der Waals surface area contributed by atoms with Crippen molar-refractivity contribution in [2.75, 3.05) is 13.2 Å². The molecule has 0 saturated heterocycles. The summed E-state index contributed by atoms with van der Waals surface area (Å²) in [5.41, 5.74) is 3.51. The number of benzene rings is 1. The van der Waals surface area contributed by atoms with Gasteiger partial charge in [0.05, 0.1) is 18.0 Å². The van der Waals surface area contributed by atoms with Crippen LogP contribution in [0.1, 0.15) is 70.1 Å². The van der Waals surface area contributed by atoms with E-state index in [0.717, 1.165) is 58.9 Å². The molecular formula is C32H34N4O4. The van der Waals surface area contributed by atoms with E-state index in [1.165, 1.54) is 26.2 Å². The molecule has 2 amide bonds. The molecule has 4 saturated carbocycles. The molecule has 1 aliphatic heterocycles. The summed E-state index contributed by atoms with van der Waals surface area (Å²) >= 11 is 0. The molecule has 2 heterocycles. The van der Waals surface area contributed by atoms with E-state index >= 15 is 0 Å². The first-order valence-electron chi connectivity index (χ1n) is 14.3. The lowest BCUT2D eigenvalue weighted by molar-refractivity contribution is -0.141. The highest BCUT2D eigenvalue weighted by Crippen LogP contribution is 2.61. The maximum atomic E-state index is 13.7. The lowest BCUT2D eigenvalue weighted by atomic mass is 9.48. The van der Waals surface area contributed by atoms with E-state index in [1.807, 2.05) is 53.4 Å². The Morgan fingerprint density at radius 2 is 1.75 bits per heavy atom. The van der Waals surface area contributed by atoms with Crippen molar-refractivity contribution in [3.8, 4) is 11.8 Å². The number of nitriles is 1. The van der Waals surface area contributed by atoms with Crippen molar-refractivity contribution >= 4 is 23.9 Å². The lowest BCUT2D eigenvalue weighted by Gasteiger charge is -2.56. The van der Waals surface area contributed by atoms with Gasteiger partial charge in [-0.1, -0.05) is 18.2 Å². The predicted molar refractivity (Wildman–Crippen MR) is 148 cm³/mol. The number of carbonyl (C=O) groups is 3. The normalized spacial score (nSPS) is 28.4. The van der Waals surface area contributed by atoms with Gasteiger partial charge >= 0.3 is 5.97 Å². The molecule has 2 aromatic rings. The highest BCUT2D eigenvalue weighted by molar-refractivity contribution is 6.19. The average molecular weight is 539 g/mol. The Bertz CT molecular complexity index is 1440. The molecule has 4 aliphatic carbocycles. The Morgan fingerprint density at radius 3 is 2.35 bits per heavy atom.